The van der Waals surface area contributed by atoms with Crippen LogP contribution in [0.25, 0.3) is 0 Å². The number of hydrogen-bond acceptors (Lipinski definition) is 6. The van der Waals surface area contributed by atoms with Crippen LogP contribution in [0.2, 0.25) is 0 Å². The molecule has 0 saturated heterocycles. The van der Waals surface area contributed by atoms with E-state index in [0.29, 0.717) is 22.8 Å². The first kappa shape index (κ1) is 20.0. The van der Waals surface area contributed by atoms with E-state index in [4.69, 9.17) is 14.3 Å². The highest BCUT2D eigenvalue weighted by atomic mass is 16.7. The fraction of sp³-hybridized carbons (Fsp3) is 0.550. The number of hydrogen-bond donors (Lipinski definition) is 2. The number of oxime groups is 1. The van der Waals surface area contributed by atoms with E-state index in [0.717, 1.165) is 32.1 Å². The van der Waals surface area contributed by atoms with E-state index in [1.807, 2.05) is 0 Å². The van der Waals surface area contributed by atoms with Gasteiger partial charge >= 0.3 is 5.97 Å². The van der Waals surface area contributed by atoms with Crippen molar-refractivity contribution < 1.29 is 29.0 Å². The number of ether oxygens (including phenoxy) is 2. The molecule has 1 aromatic rings. The molecule has 2 aliphatic rings. The Morgan fingerprint density at radius 2 is 2.00 bits per heavy atom. The van der Waals surface area contributed by atoms with Crippen LogP contribution < -0.4 is 14.8 Å². The van der Waals surface area contributed by atoms with Crippen LogP contribution in [0, 0.1) is 0 Å². The number of aliphatic carboxylic acids is 1. The average Bonchev–Trinajstić information content (AvgIpc) is 3.12. The summed E-state index contributed by atoms with van der Waals surface area (Å²) < 4.78 is 10.6. The largest absolute Gasteiger partial charge is 0.497 e. The predicted molar refractivity (Wildman–Crippen MR) is 102 cm³/mol. The normalized spacial score (nSPS) is 22.1. The molecule has 0 aromatic heterocycles. The van der Waals surface area contributed by atoms with Crippen LogP contribution in [-0.4, -0.2) is 48.6 Å². The Kier molecular flexibility index (Phi) is 6.06. The van der Waals surface area contributed by atoms with E-state index >= 15 is 0 Å². The maximum atomic E-state index is 13.0. The van der Waals surface area contributed by atoms with Crippen molar-refractivity contribution in [2.75, 3.05) is 14.2 Å². The number of rotatable bonds is 7. The Bertz CT molecular complexity index is 772. The molecule has 1 fully saturated rings. The molecule has 1 aliphatic carbocycles. The third-order valence-electron chi connectivity index (χ3n) is 5.29. The van der Waals surface area contributed by atoms with E-state index < -0.39 is 23.9 Å². The van der Waals surface area contributed by atoms with Gasteiger partial charge in [-0.25, -0.2) is 0 Å². The SMILES string of the molecule is COc1ccc(C2=NOC(CC(=O)O)(C(=O)NC3CCCCC3)C2)c(OC)c1. The van der Waals surface area contributed by atoms with E-state index in [1.54, 1.807) is 25.3 Å². The van der Waals surface area contributed by atoms with E-state index in [9.17, 15) is 14.7 Å². The Labute approximate surface area is 163 Å². The Balaban J connectivity index is 1.81. The third kappa shape index (κ3) is 4.21. The molecule has 0 radical (unpaired) electrons. The zero-order chi connectivity index (χ0) is 20.1. The van der Waals surface area contributed by atoms with Crippen LogP contribution in [0.5, 0.6) is 11.5 Å². The lowest BCUT2D eigenvalue weighted by Gasteiger charge is -2.29. The first-order valence-electron chi connectivity index (χ1n) is 9.47. The molecular formula is C20H26N2O6. The van der Waals surface area contributed by atoms with Gasteiger partial charge in [-0.2, -0.15) is 0 Å². The number of benzene rings is 1. The molecule has 1 heterocycles. The van der Waals surface area contributed by atoms with Crippen molar-refractivity contribution in [3.05, 3.63) is 23.8 Å². The fourth-order valence-electron chi connectivity index (χ4n) is 3.76. The molecular weight excluding hydrogens is 364 g/mol. The van der Waals surface area contributed by atoms with E-state index in [1.165, 1.54) is 7.11 Å². The minimum atomic E-state index is -1.55. The smallest absolute Gasteiger partial charge is 0.308 e. The van der Waals surface area contributed by atoms with Crippen molar-refractivity contribution in [1.82, 2.24) is 5.32 Å². The lowest BCUT2D eigenvalue weighted by molar-refractivity contribution is -0.156. The first-order valence-corrected chi connectivity index (χ1v) is 9.47. The number of carboxylic acids is 1. The molecule has 0 spiro atoms. The van der Waals surface area contributed by atoms with Crippen molar-refractivity contribution in [2.45, 2.75) is 56.6 Å². The summed E-state index contributed by atoms with van der Waals surface area (Å²) in [6.07, 6.45) is 4.67. The number of carbonyl (C=O) groups excluding carboxylic acids is 1. The molecule has 152 valence electrons. The van der Waals surface area contributed by atoms with Gasteiger partial charge in [0.1, 0.15) is 11.5 Å². The van der Waals surface area contributed by atoms with Gasteiger partial charge < -0.3 is 24.7 Å². The van der Waals surface area contributed by atoms with Gasteiger partial charge in [0.15, 0.2) is 0 Å². The van der Waals surface area contributed by atoms with Crippen LogP contribution in [-0.2, 0) is 14.4 Å². The number of amides is 1. The second kappa shape index (κ2) is 8.50. The van der Waals surface area contributed by atoms with Gasteiger partial charge in [-0.1, -0.05) is 24.4 Å². The number of methoxy groups -OCH3 is 2. The highest BCUT2D eigenvalue weighted by Gasteiger charge is 2.49. The molecule has 1 amide bonds. The molecule has 1 aliphatic heterocycles. The highest BCUT2D eigenvalue weighted by molar-refractivity contribution is 6.08. The Morgan fingerprint density at radius 3 is 2.64 bits per heavy atom. The molecule has 1 aromatic carbocycles. The Hall–Kier alpha value is -2.77. The van der Waals surface area contributed by atoms with Crippen molar-refractivity contribution in [2.24, 2.45) is 5.16 Å². The van der Waals surface area contributed by atoms with E-state index in [2.05, 4.69) is 10.5 Å². The molecule has 0 bridgehead atoms. The molecule has 1 atom stereocenters. The summed E-state index contributed by atoms with van der Waals surface area (Å²) in [5.41, 5.74) is -0.440. The molecule has 1 saturated carbocycles. The van der Waals surface area contributed by atoms with Crippen molar-refractivity contribution in [1.29, 1.82) is 0 Å². The second-order valence-electron chi connectivity index (χ2n) is 7.25. The number of carbonyl (C=O) groups is 2. The summed E-state index contributed by atoms with van der Waals surface area (Å²) >= 11 is 0. The predicted octanol–water partition coefficient (Wildman–Crippen LogP) is 2.49. The molecule has 2 N–H and O–H groups in total. The van der Waals surface area contributed by atoms with Gasteiger partial charge in [-0.05, 0) is 25.0 Å². The molecule has 3 rings (SSSR count). The van der Waals surface area contributed by atoms with Gasteiger partial charge in [0.05, 0.1) is 26.4 Å². The summed E-state index contributed by atoms with van der Waals surface area (Å²) in [6, 6.07) is 5.27. The summed E-state index contributed by atoms with van der Waals surface area (Å²) in [4.78, 5) is 29.9. The second-order valence-corrected chi connectivity index (χ2v) is 7.25. The molecule has 1 unspecified atom stereocenters. The maximum absolute atomic E-state index is 13.0. The third-order valence-corrected chi connectivity index (χ3v) is 5.29. The van der Waals surface area contributed by atoms with Crippen LogP contribution in [0.4, 0.5) is 0 Å². The summed E-state index contributed by atoms with van der Waals surface area (Å²) in [7, 11) is 3.08. The topological polar surface area (TPSA) is 106 Å². The number of nitrogens with zero attached hydrogens (tertiary/aromatic N) is 1. The lowest BCUT2D eigenvalue weighted by Crippen LogP contribution is -2.52. The quantitative estimate of drug-likeness (QED) is 0.741. The van der Waals surface area contributed by atoms with Gasteiger partial charge in [0.2, 0.25) is 5.60 Å². The summed E-state index contributed by atoms with van der Waals surface area (Å²) in [6.45, 7) is 0. The number of nitrogens with one attached hydrogen (secondary N) is 1. The van der Waals surface area contributed by atoms with Crippen LogP contribution in [0.3, 0.4) is 0 Å². The summed E-state index contributed by atoms with van der Waals surface area (Å²) in [5, 5.41) is 16.4. The van der Waals surface area contributed by atoms with Gasteiger partial charge in [-0.3, -0.25) is 9.59 Å². The molecule has 8 heteroatoms. The van der Waals surface area contributed by atoms with E-state index in [-0.39, 0.29) is 12.5 Å². The fourth-order valence-corrected chi connectivity index (χ4v) is 3.76. The average molecular weight is 390 g/mol. The lowest BCUT2D eigenvalue weighted by atomic mass is 9.88. The van der Waals surface area contributed by atoms with Crippen LogP contribution >= 0.6 is 0 Å². The minimum absolute atomic E-state index is 0.0510. The Morgan fingerprint density at radius 1 is 1.25 bits per heavy atom. The van der Waals surface area contributed by atoms with Gasteiger partial charge in [0.25, 0.3) is 5.91 Å². The van der Waals surface area contributed by atoms with Crippen LogP contribution in [0.15, 0.2) is 23.4 Å². The zero-order valence-electron chi connectivity index (χ0n) is 16.2. The monoisotopic (exact) mass is 390 g/mol. The number of carboxylic acid groups (broad SMARTS) is 1. The van der Waals surface area contributed by atoms with Crippen molar-refractivity contribution >= 4 is 17.6 Å². The minimum Gasteiger partial charge on any atom is -0.497 e. The van der Waals surface area contributed by atoms with Crippen molar-refractivity contribution in [3.63, 3.8) is 0 Å². The van der Waals surface area contributed by atoms with Gasteiger partial charge in [-0.15, -0.1) is 0 Å². The molecule has 28 heavy (non-hydrogen) atoms. The first-order chi connectivity index (χ1) is 13.5. The van der Waals surface area contributed by atoms with Crippen LogP contribution in [0.1, 0.15) is 50.5 Å². The summed E-state index contributed by atoms with van der Waals surface area (Å²) in [5.74, 6) is -0.405. The standard InChI is InChI=1S/C20H26N2O6/c1-26-14-8-9-15(17(10-14)27-2)16-11-20(28-22-16,12-18(23)24)19(25)21-13-6-4-3-5-7-13/h8-10,13H,3-7,11-12H2,1-2H3,(H,21,25)(H,23,24). The zero-order valence-corrected chi connectivity index (χ0v) is 16.2. The molecule has 8 nitrogen and oxygen atoms in total. The highest BCUT2D eigenvalue weighted by Crippen LogP contribution is 2.35. The van der Waals surface area contributed by atoms with Crippen molar-refractivity contribution in [3.8, 4) is 11.5 Å². The van der Waals surface area contributed by atoms with Gasteiger partial charge in [0, 0.05) is 24.1 Å². The maximum Gasteiger partial charge on any atom is 0.308 e.